The number of non-ortho nitro benzene ring substituents is 2. The van der Waals surface area contributed by atoms with E-state index in [1.165, 1.54) is 12.1 Å². The molecule has 1 aliphatic heterocycles. The first kappa shape index (κ1) is 17.8. The van der Waals surface area contributed by atoms with Gasteiger partial charge in [0.15, 0.2) is 0 Å². The standard InChI is InChI=1S/C18H20N4O4/c23-21(24)17-3-1-15(2-4-17)9-10-19-11-13-20(14-12-19)16-5-7-18(8-6-16)22(25)26/h1-8H,9-14H2. The number of hydrogen-bond acceptors (Lipinski definition) is 6. The molecule has 0 aliphatic carbocycles. The number of piperazine rings is 1. The molecule has 0 aromatic heterocycles. The van der Waals surface area contributed by atoms with E-state index in [2.05, 4.69) is 9.80 Å². The molecule has 2 aromatic carbocycles. The molecule has 3 rings (SSSR count). The van der Waals surface area contributed by atoms with Gasteiger partial charge in [-0.15, -0.1) is 0 Å². The Labute approximate surface area is 150 Å². The maximum atomic E-state index is 10.7. The molecule has 8 nitrogen and oxygen atoms in total. The van der Waals surface area contributed by atoms with Crippen LogP contribution in [0.4, 0.5) is 17.1 Å². The Kier molecular flexibility index (Phi) is 5.43. The van der Waals surface area contributed by atoms with Gasteiger partial charge in [-0.25, -0.2) is 0 Å². The van der Waals surface area contributed by atoms with E-state index >= 15 is 0 Å². The summed E-state index contributed by atoms with van der Waals surface area (Å²) < 4.78 is 0. The topological polar surface area (TPSA) is 92.8 Å². The van der Waals surface area contributed by atoms with Crippen molar-refractivity contribution in [2.45, 2.75) is 6.42 Å². The van der Waals surface area contributed by atoms with Gasteiger partial charge < -0.3 is 4.90 Å². The lowest BCUT2D eigenvalue weighted by molar-refractivity contribution is -0.385. The van der Waals surface area contributed by atoms with Crippen molar-refractivity contribution in [1.29, 1.82) is 0 Å². The van der Waals surface area contributed by atoms with Crippen LogP contribution >= 0.6 is 0 Å². The second-order valence-corrected chi connectivity index (χ2v) is 6.28. The Morgan fingerprint density at radius 1 is 0.769 bits per heavy atom. The van der Waals surface area contributed by atoms with Gasteiger partial charge in [0.1, 0.15) is 0 Å². The van der Waals surface area contributed by atoms with Gasteiger partial charge in [-0.3, -0.25) is 25.1 Å². The van der Waals surface area contributed by atoms with E-state index in [1.807, 2.05) is 12.1 Å². The molecule has 0 spiro atoms. The van der Waals surface area contributed by atoms with Crippen LogP contribution in [0, 0.1) is 20.2 Å². The quantitative estimate of drug-likeness (QED) is 0.584. The fourth-order valence-corrected chi connectivity index (χ4v) is 3.09. The van der Waals surface area contributed by atoms with Gasteiger partial charge in [-0.2, -0.15) is 0 Å². The summed E-state index contributed by atoms with van der Waals surface area (Å²) in [6.45, 7) is 4.50. The fourth-order valence-electron chi connectivity index (χ4n) is 3.09. The summed E-state index contributed by atoms with van der Waals surface area (Å²) in [7, 11) is 0. The number of nitro groups is 2. The molecule has 2 aromatic rings. The van der Waals surface area contributed by atoms with Crippen molar-refractivity contribution in [3.8, 4) is 0 Å². The van der Waals surface area contributed by atoms with Gasteiger partial charge in [-0.1, -0.05) is 12.1 Å². The van der Waals surface area contributed by atoms with Crippen LogP contribution in [0.1, 0.15) is 5.56 Å². The lowest BCUT2D eigenvalue weighted by Crippen LogP contribution is -2.46. The number of nitrogens with zero attached hydrogens (tertiary/aromatic N) is 4. The average Bonchev–Trinajstić information content (AvgIpc) is 2.67. The Morgan fingerprint density at radius 2 is 1.27 bits per heavy atom. The zero-order valence-electron chi connectivity index (χ0n) is 14.3. The van der Waals surface area contributed by atoms with Crippen LogP contribution in [0.15, 0.2) is 48.5 Å². The van der Waals surface area contributed by atoms with Gasteiger partial charge in [0.2, 0.25) is 0 Å². The number of hydrogen-bond donors (Lipinski definition) is 0. The Morgan fingerprint density at radius 3 is 1.77 bits per heavy atom. The molecule has 1 fully saturated rings. The molecule has 0 atom stereocenters. The number of rotatable bonds is 6. The third-order valence-corrected chi connectivity index (χ3v) is 4.66. The monoisotopic (exact) mass is 356 g/mol. The maximum Gasteiger partial charge on any atom is 0.269 e. The van der Waals surface area contributed by atoms with E-state index < -0.39 is 0 Å². The minimum Gasteiger partial charge on any atom is -0.369 e. The summed E-state index contributed by atoms with van der Waals surface area (Å²) in [6, 6.07) is 13.4. The number of nitro benzene ring substituents is 2. The van der Waals surface area contributed by atoms with E-state index in [0.29, 0.717) is 0 Å². The van der Waals surface area contributed by atoms with Crippen LogP contribution in [0.25, 0.3) is 0 Å². The third kappa shape index (κ3) is 4.34. The van der Waals surface area contributed by atoms with Crippen LogP contribution in [-0.2, 0) is 6.42 Å². The Bertz CT molecular complexity index is 769. The summed E-state index contributed by atoms with van der Waals surface area (Å²) >= 11 is 0. The molecular formula is C18H20N4O4. The maximum absolute atomic E-state index is 10.7. The van der Waals surface area contributed by atoms with Crippen LogP contribution in [0.3, 0.4) is 0 Å². The molecule has 0 bridgehead atoms. The van der Waals surface area contributed by atoms with Crippen LogP contribution < -0.4 is 4.90 Å². The van der Waals surface area contributed by atoms with Crippen molar-refractivity contribution >= 4 is 17.1 Å². The average molecular weight is 356 g/mol. The molecule has 1 saturated heterocycles. The largest absolute Gasteiger partial charge is 0.369 e. The molecule has 0 saturated carbocycles. The molecule has 1 aliphatic rings. The van der Waals surface area contributed by atoms with Crippen molar-refractivity contribution in [2.24, 2.45) is 0 Å². The zero-order chi connectivity index (χ0) is 18.5. The van der Waals surface area contributed by atoms with Gasteiger partial charge >= 0.3 is 0 Å². The molecule has 0 amide bonds. The fraction of sp³-hybridized carbons (Fsp3) is 0.333. The molecular weight excluding hydrogens is 336 g/mol. The van der Waals surface area contributed by atoms with E-state index in [4.69, 9.17) is 0 Å². The normalized spacial score (nSPS) is 15.0. The number of benzene rings is 2. The highest BCUT2D eigenvalue weighted by molar-refractivity contribution is 5.51. The van der Waals surface area contributed by atoms with Crippen LogP contribution in [0.5, 0.6) is 0 Å². The lowest BCUT2D eigenvalue weighted by Gasteiger charge is -2.36. The second-order valence-electron chi connectivity index (χ2n) is 6.28. The first-order chi connectivity index (χ1) is 12.5. The van der Waals surface area contributed by atoms with Crippen molar-refractivity contribution in [3.05, 3.63) is 74.3 Å². The minimum absolute atomic E-state index is 0.107. The van der Waals surface area contributed by atoms with Crippen molar-refractivity contribution in [1.82, 2.24) is 4.90 Å². The van der Waals surface area contributed by atoms with Crippen molar-refractivity contribution in [2.75, 3.05) is 37.6 Å². The van der Waals surface area contributed by atoms with Gasteiger partial charge in [-0.05, 0) is 24.1 Å². The first-order valence-electron chi connectivity index (χ1n) is 8.48. The number of anilines is 1. The summed E-state index contributed by atoms with van der Waals surface area (Å²) in [4.78, 5) is 25.2. The smallest absolute Gasteiger partial charge is 0.269 e. The lowest BCUT2D eigenvalue weighted by atomic mass is 10.1. The molecule has 0 N–H and O–H groups in total. The Hall–Kier alpha value is -3.00. The predicted molar refractivity (Wildman–Crippen MR) is 98.5 cm³/mol. The van der Waals surface area contributed by atoms with E-state index in [0.717, 1.165) is 50.4 Å². The van der Waals surface area contributed by atoms with E-state index in [1.54, 1.807) is 24.3 Å². The summed E-state index contributed by atoms with van der Waals surface area (Å²) in [6.07, 6.45) is 0.857. The molecule has 8 heteroatoms. The third-order valence-electron chi connectivity index (χ3n) is 4.66. The second kappa shape index (κ2) is 7.92. The summed E-state index contributed by atoms with van der Waals surface area (Å²) in [5, 5.41) is 21.4. The highest BCUT2D eigenvalue weighted by Crippen LogP contribution is 2.21. The highest BCUT2D eigenvalue weighted by atomic mass is 16.6. The van der Waals surface area contributed by atoms with E-state index in [-0.39, 0.29) is 21.2 Å². The molecule has 26 heavy (non-hydrogen) atoms. The van der Waals surface area contributed by atoms with Crippen molar-refractivity contribution in [3.63, 3.8) is 0 Å². The van der Waals surface area contributed by atoms with Crippen LogP contribution in [0.2, 0.25) is 0 Å². The molecule has 0 radical (unpaired) electrons. The predicted octanol–water partition coefficient (Wildman–Crippen LogP) is 2.87. The Balaban J connectivity index is 1.47. The minimum atomic E-state index is -0.389. The van der Waals surface area contributed by atoms with Gasteiger partial charge in [0.05, 0.1) is 9.85 Å². The van der Waals surface area contributed by atoms with Gasteiger partial charge in [0, 0.05) is 62.7 Å². The molecule has 1 heterocycles. The SMILES string of the molecule is O=[N+]([O-])c1ccc(CCN2CCN(c3ccc([N+](=O)[O-])cc3)CC2)cc1. The van der Waals surface area contributed by atoms with Crippen LogP contribution in [-0.4, -0.2) is 47.5 Å². The summed E-state index contributed by atoms with van der Waals surface area (Å²) in [5.41, 5.74) is 2.32. The zero-order valence-corrected chi connectivity index (χ0v) is 14.3. The summed E-state index contributed by atoms with van der Waals surface area (Å²) in [5.74, 6) is 0. The first-order valence-corrected chi connectivity index (χ1v) is 8.48. The molecule has 136 valence electrons. The van der Waals surface area contributed by atoms with E-state index in [9.17, 15) is 20.2 Å². The molecule has 0 unspecified atom stereocenters. The van der Waals surface area contributed by atoms with Crippen molar-refractivity contribution < 1.29 is 9.85 Å². The van der Waals surface area contributed by atoms with Gasteiger partial charge in [0.25, 0.3) is 11.4 Å². The highest BCUT2D eigenvalue weighted by Gasteiger charge is 2.17.